The molecule has 2 rings (SSSR count). The molecule has 0 aliphatic heterocycles. The van der Waals surface area contributed by atoms with Crippen molar-refractivity contribution in [2.45, 2.75) is 18.8 Å². The molecule has 1 aromatic rings. The van der Waals surface area contributed by atoms with Crippen molar-refractivity contribution in [3.05, 3.63) is 54.1 Å². The Labute approximate surface area is 94.9 Å². The Kier molecular flexibility index (Phi) is 2.43. The molecule has 82 valence electrons. The average molecular weight is 214 g/mol. The summed E-state index contributed by atoms with van der Waals surface area (Å²) in [6, 6.07) is 7.45. The second kappa shape index (κ2) is 3.63. The summed E-state index contributed by atoms with van der Waals surface area (Å²) in [5.74, 6) is -0.00858. The summed E-state index contributed by atoms with van der Waals surface area (Å²) < 4.78 is 0. The van der Waals surface area contributed by atoms with Crippen LogP contribution in [0.4, 0.5) is 0 Å². The van der Waals surface area contributed by atoms with Crippen molar-refractivity contribution in [2.75, 3.05) is 0 Å². The number of ketones is 1. The number of hydrogen-bond donors (Lipinski definition) is 1. The van der Waals surface area contributed by atoms with Crippen LogP contribution in [-0.2, 0) is 10.2 Å². The zero-order valence-corrected chi connectivity index (χ0v) is 9.23. The van der Waals surface area contributed by atoms with Crippen molar-refractivity contribution in [3.63, 3.8) is 0 Å². The van der Waals surface area contributed by atoms with Gasteiger partial charge in [-0.15, -0.1) is 6.58 Å². The Bertz CT molecular complexity index is 485. The topological polar surface area (TPSA) is 37.3 Å². The first-order valence-corrected chi connectivity index (χ1v) is 5.25. The van der Waals surface area contributed by atoms with Gasteiger partial charge in [0.25, 0.3) is 0 Å². The van der Waals surface area contributed by atoms with Gasteiger partial charge in [0.05, 0.1) is 5.41 Å². The number of hydrogen-bond acceptors (Lipinski definition) is 2. The number of allylic oxidation sites excluding steroid dienone is 2. The molecule has 0 radical (unpaired) electrons. The quantitative estimate of drug-likeness (QED) is 0.768. The second-order valence-corrected chi connectivity index (χ2v) is 4.26. The van der Waals surface area contributed by atoms with Gasteiger partial charge in [0.15, 0.2) is 5.78 Å². The summed E-state index contributed by atoms with van der Waals surface area (Å²) in [7, 11) is 0. The fourth-order valence-electron chi connectivity index (χ4n) is 2.18. The molecule has 1 atom stereocenters. The normalized spacial score (nSPS) is 23.6. The van der Waals surface area contributed by atoms with E-state index >= 15 is 0 Å². The van der Waals surface area contributed by atoms with E-state index < -0.39 is 5.41 Å². The van der Waals surface area contributed by atoms with Crippen LogP contribution in [0.25, 0.3) is 5.76 Å². The van der Waals surface area contributed by atoms with Crippen molar-refractivity contribution < 1.29 is 9.90 Å². The maximum absolute atomic E-state index is 12.0. The van der Waals surface area contributed by atoms with E-state index in [1.54, 1.807) is 6.08 Å². The van der Waals surface area contributed by atoms with Crippen LogP contribution in [0.5, 0.6) is 0 Å². The van der Waals surface area contributed by atoms with Gasteiger partial charge in [0, 0.05) is 11.6 Å². The number of rotatable bonds is 2. The van der Waals surface area contributed by atoms with Crippen LogP contribution in [0.1, 0.15) is 24.5 Å². The fraction of sp³-hybridized carbons (Fsp3) is 0.214. The Balaban J connectivity index is 2.66. The Morgan fingerprint density at radius 1 is 1.44 bits per heavy atom. The molecule has 16 heavy (non-hydrogen) atoms. The molecule has 0 fully saturated rings. The molecule has 1 aromatic carbocycles. The first-order valence-electron chi connectivity index (χ1n) is 5.25. The first-order chi connectivity index (χ1) is 7.59. The molecule has 0 spiro atoms. The van der Waals surface area contributed by atoms with Crippen molar-refractivity contribution in [2.24, 2.45) is 0 Å². The SMILES string of the molecule is C=CCC1(C)C(=O)C=C(O)c2ccccc21. The van der Waals surface area contributed by atoms with E-state index in [4.69, 9.17) is 0 Å². The lowest BCUT2D eigenvalue weighted by Crippen LogP contribution is -2.34. The zero-order valence-electron chi connectivity index (χ0n) is 9.23. The van der Waals surface area contributed by atoms with Gasteiger partial charge in [-0.25, -0.2) is 0 Å². The van der Waals surface area contributed by atoms with Crippen LogP contribution in [0.3, 0.4) is 0 Å². The first kappa shape index (κ1) is 10.7. The number of benzene rings is 1. The molecular formula is C14H14O2. The van der Waals surface area contributed by atoms with Gasteiger partial charge in [-0.05, 0) is 18.9 Å². The second-order valence-electron chi connectivity index (χ2n) is 4.26. The third-order valence-corrected chi connectivity index (χ3v) is 3.16. The molecule has 0 bridgehead atoms. The summed E-state index contributed by atoms with van der Waals surface area (Å²) in [6.07, 6.45) is 3.63. The molecule has 0 heterocycles. The summed E-state index contributed by atoms with van der Waals surface area (Å²) in [6.45, 7) is 5.58. The molecule has 2 heteroatoms. The van der Waals surface area contributed by atoms with Gasteiger partial charge in [0.2, 0.25) is 0 Å². The molecule has 2 nitrogen and oxygen atoms in total. The highest BCUT2D eigenvalue weighted by molar-refractivity contribution is 6.06. The summed E-state index contributed by atoms with van der Waals surface area (Å²) in [5, 5.41) is 9.75. The van der Waals surface area contributed by atoms with Crippen LogP contribution >= 0.6 is 0 Å². The van der Waals surface area contributed by atoms with Gasteiger partial charge in [-0.2, -0.15) is 0 Å². The number of carbonyl (C=O) groups excluding carboxylic acids is 1. The molecular weight excluding hydrogens is 200 g/mol. The van der Waals surface area contributed by atoms with E-state index in [2.05, 4.69) is 6.58 Å². The Morgan fingerprint density at radius 2 is 2.12 bits per heavy atom. The molecule has 0 saturated carbocycles. The molecule has 0 amide bonds. The monoisotopic (exact) mass is 214 g/mol. The standard InChI is InChI=1S/C14H14O2/c1-3-8-14(2)11-7-5-4-6-10(11)12(15)9-13(14)16/h3-7,9,15H,1,8H2,2H3. The van der Waals surface area contributed by atoms with Crippen LogP contribution in [0, 0.1) is 0 Å². The van der Waals surface area contributed by atoms with Crippen LogP contribution in [0.2, 0.25) is 0 Å². The van der Waals surface area contributed by atoms with Crippen LogP contribution in [0.15, 0.2) is 43.0 Å². The average Bonchev–Trinajstić information content (AvgIpc) is 2.27. The van der Waals surface area contributed by atoms with Crippen LogP contribution < -0.4 is 0 Å². The van der Waals surface area contributed by atoms with E-state index in [1.807, 2.05) is 31.2 Å². The van der Waals surface area contributed by atoms with Crippen LogP contribution in [-0.4, -0.2) is 10.9 Å². The minimum Gasteiger partial charge on any atom is -0.507 e. The number of fused-ring (bicyclic) bond motifs is 1. The lowest BCUT2D eigenvalue weighted by Gasteiger charge is -2.31. The van der Waals surface area contributed by atoms with Gasteiger partial charge >= 0.3 is 0 Å². The molecule has 1 N–H and O–H groups in total. The van der Waals surface area contributed by atoms with Gasteiger partial charge in [-0.3, -0.25) is 4.79 Å². The minimum atomic E-state index is -0.593. The highest BCUT2D eigenvalue weighted by atomic mass is 16.3. The highest BCUT2D eigenvalue weighted by Gasteiger charge is 2.38. The summed E-state index contributed by atoms with van der Waals surface area (Å²) in [4.78, 5) is 12.0. The predicted octanol–water partition coefficient (Wildman–Crippen LogP) is 3.00. The third kappa shape index (κ3) is 1.38. The summed E-state index contributed by atoms with van der Waals surface area (Å²) >= 11 is 0. The van der Waals surface area contributed by atoms with E-state index in [0.717, 1.165) is 11.1 Å². The molecule has 1 aliphatic carbocycles. The third-order valence-electron chi connectivity index (χ3n) is 3.16. The number of aliphatic hydroxyl groups is 1. The predicted molar refractivity (Wildman–Crippen MR) is 64.2 cm³/mol. The van der Waals surface area contributed by atoms with Crippen molar-refractivity contribution in [3.8, 4) is 0 Å². The smallest absolute Gasteiger partial charge is 0.169 e. The summed E-state index contributed by atoms with van der Waals surface area (Å²) in [5.41, 5.74) is 1.02. The van der Waals surface area contributed by atoms with Gasteiger partial charge < -0.3 is 5.11 Å². The van der Waals surface area contributed by atoms with E-state index in [-0.39, 0.29) is 11.5 Å². The van der Waals surface area contributed by atoms with Crippen molar-refractivity contribution in [1.29, 1.82) is 0 Å². The van der Waals surface area contributed by atoms with E-state index in [0.29, 0.717) is 6.42 Å². The Morgan fingerprint density at radius 3 is 2.81 bits per heavy atom. The maximum Gasteiger partial charge on any atom is 0.169 e. The van der Waals surface area contributed by atoms with Gasteiger partial charge in [-0.1, -0.05) is 30.3 Å². The van der Waals surface area contributed by atoms with E-state index in [9.17, 15) is 9.90 Å². The molecule has 0 aromatic heterocycles. The maximum atomic E-state index is 12.0. The zero-order chi connectivity index (χ0) is 11.8. The lowest BCUT2D eigenvalue weighted by molar-refractivity contribution is -0.119. The van der Waals surface area contributed by atoms with Crippen molar-refractivity contribution in [1.82, 2.24) is 0 Å². The number of aliphatic hydroxyl groups excluding tert-OH is 1. The van der Waals surface area contributed by atoms with E-state index in [1.165, 1.54) is 6.08 Å². The fourth-order valence-corrected chi connectivity index (χ4v) is 2.18. The minimum absolute atomic E-state index is 0.0575. The lowest BCUT2D eigenvalue weighted by atomic mass is 9.71. The highest BCUT2D eigenvalue weighted by Crippen LogP contribution is 2.38. The molecule has 1 unspecified atom stereocenters. The van der Waals surface area contributed by atoms with Gasteiger partial charge in [0.1, 0.15) is 5.76 Å². The molecule has 1 aliphatic rings. The number of carbonyl (C=O) groups is 1. The van der Waals surface area contributed by atoms with Crippen molar-refractivity contribution >= 4 is 11.5 Å². The Hall–Kier alpha value is -1.83. The largest absolute Gasteiger partial charge is 0.507 e. The molecule has 0 saturated heterocycles.